The largest absolute Gasteiger partial charge is 0.508 e. The van der Waals surface area contributed by atoms with E-state index in [1.165, 1.54) is 0 Å². The van der Waals surface area contributed by atoms with Crippen LogP contribution in [0.1, 0.15) is 47.1 Å². The number of unbranched alkanes of at least 4 members (excludes halogenated alkanes) is 1. The van der Waals surface area contributed by atoms with Crippen molar-refractivity contribution < 1.29 is 9.90 Å². The molecule has 0 bridgehead atoms. The van der Waals surface area contributed by atoms with Gasteiger partial charge in [-0.25, -0.2) is 0 Å². The number of nitrogens with zero attached hydrogens (tertiary/aromatic N) is 1. The van der Waals surface area contributed by atoms with Crippen LogP contribution in [0.4, 0.5) is 0 Å². The lowest BCUT2D eigenvalue weighted by Gasteiger charge is -2.13. The molecule has 152 valence electrons. The summed E-state index contributed by atoms with van der Waals surface area (Å²) in [6.45, 7) is 4.86. The molecule has 29 heavy (non-hydrogen) atoms. The molecule has 0 spiro atoms. The van der Waals surface area contributed by atoms with Gasteiger partial charge in [0.2, 0.25) is 0 Å². The van der Waals surface area contributed by atoms with Crippen LogP contribution in [0.5, 0.6) is 5.75 Å². The molecule has 2 aromatic carbocycles. The second kappa shape index (κ2) is 9.19. The number of phenolic OH excluding ortho intramolecular Hbond substituents is 1. The summed E-state index contributed by atoms with van der Waals surface area (Å²) >= 11 is 6.08. The van der Waals surface area contributed by atoms with Gasteiger partial charge in [0.15, 0.2) is 0 Å². The molecule has 0 fully saturated rings. The molecule has 3 N–H and O–H groups in total. The first kappa shape index (κ1) is 21.0. The van der Waals surface area contributed by atoms with E-state index in [9.17, 15) is 9.90 Å². The van der Waals surface area contributed by atoms with Gasteiger partial charge in [-0.15, -0.1) is 0 Å². The lowest BCUT2D eigenvalue weighted by atomic mass is 9.97. The highest BCUT2D eigenvalue weighted by atomic mass is 35.5. The molecule has 3 aromatic rings. The number of carbonyl (C=O) groups excluding carboxylic acids is 1. The Morgan fingerprint density at radius 2 is 1.72 bits per heavy atom. The maximum atomic E-state index is 12.4. The zero-order valence-electron chi connectivity index (χ0n) is 16.9. The standard InChI is InChI=1S/C24H27ClN2O2/c1-3-4-5-21-23(18-8-10-19(25)11-9-18)22(24(26)29)16(2)27(21)15-14-17-6-12-20(28)13-7-17/h6-13,28H,3-5,14-15H2,1-2H3,(H2,26,29). The van der Waals surface area contributed by atoms with E-state index in [4.69, 9.17) is 17.3 Å². The molecule has 1 amide bonds. The Balaban J connectivity index is 2.08. The number of phenols is 1. The molecule has 0 aliphatic carbocycles. The summed E-state index contributed by atoms with van der Waals surface area (Å²) in [5, 5.41) is 10.2. The number of aromatic nitrogens is 1. The summed E-state index contributed by atoms with van der Waals surface area (Å²) in [6, 6.07) is 14.8. The van der Waals surface area contributed by atoms with E-state index in [0.717, 1.165) is 60.3 Å². The first-order chi connectivity index (χ1) is 13.9. The molecule has 0 saturated heterocycles. The molecule has 0 radical (unpaired) electrons. The topological polar surface area (TPSA) is 68.2 Å². The van der Waals surface area contributed by atoms with Crippen LogP contribution in [0.15, 0.2) is 48.5 Å². The number of aryl methyl sites for hydroxylation is 1. The second-order valence-electron chi connectivity index (χ2n) is 7.32. The number of halogens is 1. The van der Waals surface area contributed by atoms with Crippen LogP contribution in [-0.4, -0.2) is 15.6 Å². The van der Waals surface area contributed by atoms with Crippen molar-refractivity contribution in [3.63, 3.8) is 0 Å². The summed E-state index contributed by atoms with van der Waals surface area (Å²) in [6.07, 6.45) is 3.76. The molecular formula is C24H27ClN2O2. The highest BCUT2D eigenvalue weighted by molar-refractivity contribution is 6.30. The van der Waals surface area contributed by atoms with Crippen molar-refractivity contribution in [2.75, 3.05) is 0 Å². The predicted molar refractivity (Wildman–Crippen MR) is 119 cm³/mol. The third-order valence-electron chi connectivity index (χ3n) is 5.34. The van der Waals surface area contributed by atoms with E-state index >= 15 is 0 Å². The Morgan fingerprint density at radius 1 is 1.07 bits per heavy atom. The van der Waals surface area contributed by atoms with Crippen LogP contribution in [0.2, 0.25) is 5.02 Å². The van der Waals surface area contributed by atoms with E-state index in [-0.39, 0.29) is 5.75 Å². The maximum Gasteiger partial charge on any atom is 0.251 e. The third-order valence-corrected chi connectivity index (χ3v) is 5.59. The lowest BCUT2D eigenvalue weighted by molar-refractivity contribution is 0.1000. The monoisotopic (exact) mass is 410 g/mol. The Labute approximate surface area is 176 Å². The van der Waals surface area contributed by atoms with Gasteiger partial charge in [-0.3, -0.25) is 4.79 Å². The summed E-state index contributed by atoms with van der Waals surface area (Å²) in [5.41, 5.74) is 11.4. The van der Waals surface area contributed by atoms with E-state index in [0.29, 0.717) is 10.6 Å². The highest BCUT2D eigenvalue weighted by Gasteiger charge is 2.24. The quantitative estimate of drug-likeness (QED) is 0.514. The SMILES string of the molecule is CCCCc1c(-c2ccc(Cl)cc2)c(C(N)=O)c(C)n1CCc1ccc(O)cc1. The first-order valence-electron chi connectivity index (χ1n) is 9.98. The van der Waals surface area contributed by atoms with Gasteiger partial charge in [0.25, 0.3) is 5.91 Å². The third kappa shape index (κ3) is 4.65. The average Bonchev–Trinajstić information content (AvgIpc) is 2.98. The van der Waals surface area contributed by atoms with Crippen molar-refractivity contribution >= 4 is 17.5 Å². The number of rotatable bonds is 8. The molecule has 0 aliphatic heterocycles. The van der Waals surface area contributed by atoms with Gasteiger partial charge in [-0.05, 0) is 61.6 Å². The van der Waals surface area contributed by atoms with Crippen molar-refractivity contribution in [3.8, 4) is 16.9 Å². The van der Waals surface area contributed by atoms with E-state index < -0.39 is 5.91 Å². The number of aromatic hydroxyl groups is 1. The van der Waals surface area contributed by atoms with Crippen LogP contribution < -0.4 is 5.73 Å². The lowest BCUT2D eigenvalue weighted by Crippen LogP contribution is -2.14. The molecule has 0 unspecified atom stereocenters. The second-order valence-corrected chi connectivity index (χ2v) is 7.76. The van der Waals surface area contributed by atoms with Crippen molar-refractivity contribution in [1.29, 1.82) is 0 Å². The van der Waals surface area contributed by atoms with Gasteiger partial charge in [0.1, 0.15) is 5.75 Å². The smallest absolute Gasteiger partial charge is 0.251 e. The Hall–Kier alpha value is -2.72. The molecule has 3 rings (SSSR count). The molecule has 0 aliphatic rings. The summed E-state index contributed by atoms with van der Waals surface area (Å²) in [4.78, 5) is 12.4. The number of primary amides is 1. The number of hydrogen-bond donors (Lipinski definition) is 2. The van der Waals surface area contributed by atoms with Crippen molar-refractivity contribution in [2.24, 2.45) is 5.73 Å². The van der Waals surface area contributed by atoms with E-state index in [2.05, 4.69) is 11.5 Å². The van der Waals surface area contributed by atoms with Gasteiger partial charge in [0.05, 0.1) is 5.56 Å². The molecule has 4 nitrogen and oxygen atoms in total. The maximum absolute atomic E-state index is 12.4. The van der Waals surface area contributed by atoms with Gasteiger partial charge in [-0.2, -0.15) is 0 Å². The van der Waals surface area contributed by atoms with Crippen LogP contribution in [0.3, 0.4) is 0 Å². The minimum atomic E-state index is -0.409. The number of nitrogens with two attached hydrogens (primary N) is 1. The Morgan fingerprint density at radius 3 is 2.31 bits per heavy atom. The zero-order valence-corrected chi connectivity index (χ0v) is 17.7. The molecule has 0 atom stereocenters. The first-order valence-corrected chi connectivity index (χ1v) is 10.4. The van der Waals surface area contributed by atoms with Crippen molar-refractivity contribution in [2.45, 2.75) is 46.1 Å². The number of amides is 1. The number of benzene rings is 2. The summed E-state index contributed by atoms with van der Waals surface area (Å²) < 4.78 is 2.23. The molecule has 1 aromatic heterocycles. The van der Waals surface area contributed by atoms with E-state index in [1.54, 1.807) is 12.1 Å². The zero-order chi connectivity index (χ0) is 21.0. The van der Waals surface area contributed by atoms with E-state index in [1.807, 2.05) is 43.3 Å². The minimum absolute atomic E-state index is 0.260. The number of carbonyl (C=O) groups is 1. The van der Waals surface area contributed by atoms with Gasteiger partial charge >= 0.3 is 0 Å². The van der Waals surface area contributed by atoms with Gasteiger partial charge < -0.3 is 15.4 Å². The highest BCUT2D eigenvalue weighted by Crippen LogP contribution is 2.34. The minimum Gasteiger partial charge on any atom is -0.508 e. The fourth-order valence-corrected chi connectivity index (χ4v) is 3.96. The van der Waals surface area contributed by atoms with Gasteiger partial charge in [-0.1, -0.05) is 49.2 Å². The predicted octanol–water partition coefficient (Wildman–Crippen LogP) is 5.51. The van der Waals surface area contributed by atoms with Crippen LogP contribution in [-0.2, 0) is 19.4 Å². The van der Waals surface area contributed by atoms with Crippen LogP contribution in [0, 0.1) is 6.92 Å². The van der Waals surface area contributed by atoms with Gasteiger partial charge in [0, 0.05) is 28.5 Å². The Bertz CT molecular complexity index is 989. The fraction of sp³-hybridized carbons (Fsp3) is 0.292. The molecule has 0 saturated carbocycles. The normalized spacial score (nSPS) is 11.0. The average molecular weight is 411 g/mol. The fourth-order valence-electron chi connectivity index (χ4n) is 3.84. The summed E-state index contributed by atoms with van der Waals surface area (Å²) in [5.74, 6) is -0.149. The molecule has 5 heteroatoms. The molecule has 1 heterocycles. The Kier molecular flexibility index (Phi) is 6.65. The van der Waals surface area contributed by atoms with Crippen molar-refractivity contribution in [3.05, 3.63) is 76.1 Å². The van der Waals surface area contributed by atoms with Crippen LogP contribution >= 0.6 is 11.6 Å². The number of hydrogen-bond acceptors (Lipinski definition) is 2. The van der Waals surface area contributed by atoms with Crippen molar-refractivity contribution in [1.82, 2.24) is 4.57 Å². The van der Waals surface area contributed by atoms with Crippen LogP contribution in [0.25, 0.3) is 11.1 Å². The summed E-state index contributed by atoms with van der Waals surface area (Å²) in [7, 11) is 0. The molecular weight excluding hydrogens is 384 g/mol.